The Balaban J connectivity index is 1.77. The summed E-state index contributed by atoms with van der Waals surface area (Å²) in [5.41, 5.74) is 3.80. The molecule has 0 unspecified atom stereocenters. The highest BCUT2D eigenvalue weighted by atomic mass is 35.5. The molecule has 0 saturated heterocycles. The molecule has 0 fully saturated rings. The van der Waals surface area contributed by atoms with Gasteiger partial charge in [0.1, 0.15) is 6.04 Å². The number of hydrogen-bond donors (Lipinski definition) is 1. The highest BCUT2D eigenvalue weighted by Gasteiger charge is 2.26. The van der Waals surface area contributed by atoms with Crippen LogP contribution in [0.25, 0.3) is 0 Å². The van der Waals surface area contributed by atoms with Crippen molar-refractivity contribution in [2.24, 2.45) is 0 Å². The zero-order chi connectivity index (χ0) is 25.4. The summed E-state index contributed by atoms with van der Waals surface area (Å²) in [6.07, 6.45) is 0.115. The summed E-state index contributed by atoms with van der Waals surface area (Å²) in [7, 11) is 3.12. The number of carbonyl (C=O) groups excluding carboxylic acids is 2. The molecular formula is C28H31ClN2O4. The van der Waals surface area contributed by atoms with Gasteiger partial charge in [-0.05, 0) is 54.8 Å². The average molecular weight is 495 g/mol. The summed E-state index contributed by atoms with van der Waals surface area (Å²) in [5, 5.41) is 3.57. The van der Waals surface area contributed by atoms with Crippen LogP contribution < -0.4 is 14.8 Å². The summed E-state index contributed by atoms with van der Waals surface area (Å²) in [4.78, 5) is 28.1. The minimum absolute atomic E-state index is 0.115. The van der Waals surface area contributed by atoms with Crippen LogP contribution in [0.3, 0.4) is 0 Å². The monoisotopic (exact) mass is 494 g/mol. The Kier molecular flexibility index (Phi) is 9.15. The zero-order valence-electron chi connectivity index (χ0n) is 20.5. The smallest absolute Gasteiger partial charge is 0.242 e. The van der Waals surface area contributed by atoms with Crippen molar-refractivity contribution in [1.29, 1.82) is 0 Å². The molecule has 0 aliphatic heterocycles. The third-order valence-electron chi connectivity index (χ3n) is 5.82. The molecular weight excluding hydrogens is 464 g/mol. The Morgan fingerprint density at radius 2 is 1.49 bits per heavy atom. The Morgan fingerprint density at radius 3 is 2.11 bits per heavy atom. The van der Waals surface area contributed by atoms with Gasteiger partial charge in [-0.15, -0.1) is 0 Å². The van der Waals surface area contributed by atoms with E-state index in [0.717, 1.165) is 22.3 Å². The van der Waals surface area contributed by atoms with Crippen LogP contribution in [0.5, 0.6) is 11.5 Å². The molecule has 6 nitrogen and oxygen atoms in total. The number of rotatable bonds is 10. The Morgan fingerprint density at radius 1 is 0.886 bits per heavy atom. The zero-order valence-corrected chi connectivity index (χ0v) is 21.3. The third-order valence-corrected chi connectivity index (χ3v) is 6.08. The molecule has 0 aliphatic rings. The second-order valence-corrected chi connectivity index (χ2v) is 8.83. The Labute approximate surface area is 211 Å². The Bertz CT molecular complexity index is 1150. The lowest BCUT2D eigenvalue weighted by Crippen LogP contribution is -2.48. The van der Waals surface area contributed by atoms with E-state index in [1.165, 1.54) is 0 Å². The van der Waals surface area contributed by atoms with Gasteiger partial charge in [-0.25, -0.2) is 0 Å². The van der Waals surface area contributed by atoms with Crippen molar-refractivity contribution in [2.45, 2.75) is 39.4 Å². The van der Waals surface area contributed by atoms with E-state index >= 15 is 0 Å². The number of carbonyl (C=O) groups is 2. The van der Waals surface area contributed by atoms with Crippen LogP contribution in [0.2, 0.25) is 5.02 Å². The minimum atomic E-state index is -0.677. The van der Waals surface area contributed by atoms with Gasteiger partial charge in [0.2, 0.25) is 11.8 Å². The van der Waals surface area contributed by atoms with E-state index in [4.69, 9.17) is 21.1 Å². The lowest BCUT2D eigenvalue weighted by atomic mass is 10.1. The minimum Gasteiger partial charge on any atom is -0.493 e. The summed E-state index contributed by atoms with van der Waals surface area (Å²) >= 11 is 6.03. The number of benzene rings is 3. The molecule has 0 spiro atoms. The van der Waals surface area contributed by atoms with Gasteiger partial charge < -0.3 is 19.7 Å². The first-order valence-electron chi connectivity index (χ1n) is 11.4. The molecule has 0 bridgehead atoms. The van der Waals surface area contributed by atoms with Gasteiger partial charge in [-0.3, -0.25) is 9.59 Å². The molecule has 0 aromatic heterocycles. The van der Waals surface area contributed by atoms with Gasteiger partial charge in [-0.2, -0.15) is 0 Å². The van der Waals surface area contributed by atoms with E-state index in [9.17, 15) is 9.59 Å². The van der Waals surface area contributed by atoms with Gasteiger partial charge in [0, 0.05) is 18.1 Å². The van der Waals surface area contributed by atoms with Gasteiger partial charge in [0.15, 0.2) is 11.5 Å². The van der Waals surface area contributed by atoms with E-state index in [1.807, 2.05) is 49.4 Å². The number of methoxy groups -OCH3 is 2. The first-order valence-corrected chi connectivity index (χ1v) is 11.8. The molecule has 1 atom stereocenters. The standard InChI is InChI=1S/C28H31ClN2O4/c1-19-5-7-21(8-6-19)17-30-28(33)20(2)31(18-22-9-12-24(29)13-10-22)27(32)16-23-11-14-25(34-3)26(15-23)35-4/h5-15,20H,16-18H2,1-4H3,(H,30,33)/t20-/m1/s1. The first-order chi connectivity index (χ1) is 16.8. The van der Waals surface area contributed by atoms with E-state index in [0.29, 0.717) is 23.1 Å². The average Bonchev–Trinajstić information content (AvgIpc) is 2.87. The van der Waals surface area contributed by atoms with E-state index in [1.54, 1.807) is 50.3 Å². The summed E-state index contributed by atoms with van der Waals surface area (Å²) in [6.45, 7) is 4.43. The summed E-state index contributed by atoms with van der Waals surface area (Å²) in [5.74, 6) is 0.738. The van der Waals surface area contributed by atoms with Crippen LogP contribution >= 0.6 is 11.6 Å². The van der Waals surface area contributed by atoms with Crippen LogP contribution in [-0.2, 0) is 29.1 Å². The summed E-state index contributed by atoms with van der Waals surface area (Å²) < 4.78 is 10.7. The van der Waals surface area contributed by atoms with E-state index in [2.05, 4.69) is 5.32 Å². The number of nitrogens with zero attached hydrogens (tertiary/aromatic N) is 1. The molecule has 0 saturated carbocycles. The highest BCUT2D eigenvalue weighted by molar-refractivity contribution is 6.30. The first kappa shape index (κ1) is 26.1. The van der Waals surface area contributed by atoms with E-state index < -0.39 is 6.04 Å². The van der Waals surface area contributed by atoms with Crippen LogP contribution in [-0.4, -0.2) is 37.0 Å². The normalized spacial score (nSPS) is 11.5. The van der Waals surface area contributed by atoms with Crippen molar-refractivity contribution in [2.75, 3.05) is 14.2 Å². The molecule has 3 aromatic rings. The predicted octanol–water partition coefficient (Wildman–Crippen LogP) is 4.94. The number of hydrogen-bond acceptors (Lipinski definition) is 4. The molecule has 1 N–H and O–H groups in total. The van der Waals surface area contributed by atoms with Gasteiger partial charge in [0.25, 0.3) is 0 Å². The molecule has 7 heteroatoms. The fourth-order valence-corrected chi connectivity index (χ4v) is 3.80. The fraction of sp³-hybridized carbons (Fsp3) is 0.286. The maximum absolute atomic E-state index is 13.4. The van der Waals surface area contributed by atoms with Gasteiger partial charge in [0.05, 0.1) is 20.6 Å². The van der Waals surface area contributed by atoms with Crippen LogP contribution in [0.1, 0.15) is 29.2 Å². The molecule has 3 aromatic carbocycles. The topological polar surface area (TPSA) is 67.9 Å². The third kappa shape index (κ3) is 7.23. The van der Waals surface area contributed by atoms with Gasteiger partial charge in [-0.1, -0.05) is 59.6 Å². The van der Waals surface area contributed by atoms with Crippen LogP contribution in [0.4, 0.5) is 0 Å². The maximum Gasteiger partial charge on any atom is 0.242 e. The lowest BCUT2D eigenvalue weighted by molar-refractivity contribution is -0.140. The molecule has 0 aliphatic carbocycles. The second kappa shape index (κ2) is 12.3. The molecule has 35 heavy (non-hydrogen) atoms. The predicted molar refractivity (Wildman–Crippen MR) is 138 cm³/mol. The highest BCUT2D eigenvalue weighted by Crippen LogP contribution is 2.28. The fourth-order valence-electron chi connectivity index (χ4n) is 3.68. The number of ether oxygens (including phenoxy) is 2. The van der Waals surface area contributed by atoms with Crippen molar-refractivity contribution >= 4 is 23.4 Å². The van der Waals surface area contributed by atoms with Crippen molar-refractivity contribution in [1.82, 2.24) is 10.2 Å². The quantitative estimate of drug-likeness (QED) is 0.433. The number of aryl methyl sites for hydroxylation is 1. The van der Waals surface area contributed by atoms with Crippen LogP contribution in [0.15, 0.2) is 66.7 Å². The molecule has 3 rings (SSSR count). The maximum atomic E-state index is 13.4. The van der Waals surface area contributed by atoms with Crippen molar-refractivity contribution < 1.29 is 19.1 Å². The number of amides is 2. The largest absolute Gasteiger partial charge is 0.493 e. The second-order valence-electron chi connectivity index (χ2n) is 8.39. The molecule has 184 valence electrons. The summed E-state index contributed by atoms with van der Waals surface area (Å²) in [6, 6.07) is 19.9. The lowest BCUT2D eigenvalue weighted by Gasteiger charge is -2.29. The SMILES string of the molecule is COc1ccc(CC(=O)N(Cc2ccc(Cl)cc2)[C@H](C)C(=O)NCc2ccc(C)cc2)cc1OC. The van der Waals surface area contributed by atoms with Crippen molar-refractivity contribution in [3.8, 4) is 11.5 Å². The van der Waals surface area contributed by atoms with Gasteiger partial charge >= 0.3 is 0 Å². The molecule has 0 heterocycles. The Hall–Kier alpha value is -3.51. The molecule has 0 radical (unpaired) electrons. The van der Waals surface area contributed by atoms with E-state index in [-0.39, 0.29) is 24.8 Å². The van der Waals surface area contributed by atoms with Crippen molar-refractivity contribution in [3.63, 3.8) is 0 Å². The number of halogens is 1. The van der Waals surface area contributed by atoms with Crippen LogP contribution in [0, 0.1) is 6.92 Å². The molecule has 2 amide bonds. The number of nitrogens with one attached hydrogen (secondary N) is 1. The van der Waals surface area contributed by atoms with Crippen molar-refractivity contribution in [3.05, 3.63) is 94.0 Å².